The number of hydrogen-bond acceptors (Lipinski definition) is 3. The van der Waals surface area contributed by atoms with Gasteiger partial charge in [0.05, 0.1) is 26.2 Å². The van der Waals surface area contributed by atoms with Gasteiger partial charge < -0.3 is 19.8 Å². The van der Waals surface area contributed by atoms with E-state index in [2.05, 4.69) is 19.1 Å². The second-order valence-corrected chi connectivity index (χ2v) is 8.44. The first kappa shape index (κ1) is 27.1. The third kappa shape index (κ3) is 11.6. The molecule has 0 saturated heterocycles. The highest BCUT2D eigenvalue weighted by Crippen LogP contribution is 2.21. The molecule has 0 radical (unpaired) electrons. The number of carboxylic acids is 3. The van der Waals surface area contributed by atoms with Crippen LogP contribution in [0.1, 0.15) is 66.2 Å². The summed E-state index contributed by atoms with van der Waals surface area (Å²) in [5.41, 5.74) is 0. The van der Waals surface area contributed by atoms with Crippen molar-refractivity contribution in [1.82, 2.24) is 0 Å². The minimum atomic E-state index is -0.950. The van der Waals surface area contributed by atoms with Crippen LogP contribution in [0.25, 0.3) is 0 Å². The van der Waals surface area contributed by atoms with Gasteiger partial charge in [-0.1, -0.05) is 31.9 Å². The predicted octanol–water partition coefficient (Wildman–Crippen LogP) is 3.88. The molecule has 0 rings (SSSR count). The summed E-state index contributed by atoms with van der Waals surface area (Å²) in [6, 6.07) is 0. The lowest BCUT2D eigenvalue weighted by Gasteiger charge is -2.42. The van der Waals surface area contributed by atoms with Crippen LogP contribution in [0.4, 0.5) is 0 Å². The van der Waals surface area contributed by atoms with Gasteiger partial charge >= 0.3 is 17.9 Å². The topological polar surface area (TPSA) is 112 Å². The normalized spacial score (nSPS) is 16.8. The fourth-order valence-electron chi connectivity index (χ4n) is 3.77. The lowest BCUT2D eigenvalue weighted by molar-refractivity contribution is -0.934. The van der Waals surface area contributed by atoms with Gasteiger partial charge in [-0.15, -0.1) is 0 Å². The zero-order valence-corrected chi connectivity index (χ0v) is 18.5. The quantitative estimate of drug-likeness (QED) is 0.189. The van der Waals surface area contributed by atoms with Crippen LogP contribution >= 0.6 is 0 Å². The summed E-state index contributed by atoms with van der Waals surface area (Å²) >= 11 is 0. The molecule has 0 spiro atoms. The summed E-state index contributed by atoms with van der Waals surface area (Å²) in [5.74, 6) is -4.89. The Kier molecular flexibility index (Phi) is 13.2. The van der Waals surface area contributed by atoms with Crippen LogP contribution < -0.4 is 0 Å². The van der Waals surface area contributed by atoms with E-state index < -0.39 is 35.7 Å². The van der Waals surface area contributed by atoms with Crippen LogP contribution in [0.3, 0.4) is 0 Å². The fourth-order valence-corrected chi connectivity index (χ4v) is 3.77. The van der Waals surface area contributed by atoms with Gasteiger partial charge in [-0.05, 0) is 40.0 Å². The number of unbranched alkanes of at least 4 members (excludes halogenated alkanes) is 4. The van der Waals surface area contributed by atoms with E-state index in [1.807, 2.05) is 0 Å². The van der Waals surface area contributed by atoms with Crippen LogP contribution in [-0.4, -0.2) is 63.9 Å². The number of aliphatic carboxylic acids is 3. The maximum Gasteiger partial charge on any atom is 0.311 e. The van der Waals surface area contributed by atoms with Gasteiger partial charge in [0, 0.05) is 6.42 Å². The van der Waals surface area contributed by atoms with Gasteiger partial charge in [0.15, 0.2) is 0 Å². The SMILES string of the molecule is CCCCC/C=C/CCC[N+](CC(C)C(=O)O)(CC(C)C(=O)O)CC(C)C(=O)O. The second-order valence-electron chi connectivity index (χ2n) is 8.44. The molecule has 0 aromatic heterocycles. The number of nitrogens with zero attached hydrogens (tertiary/aromatic N) is 1. The van der Waals surface area contributed by atoms with Crippen molar-refractivity contribution in [2.75, 3.05) is 26.2 Å². The van der Waals surface area contributed by atoms with Crippen molar-refractivity contribution in [2.24, 2.45) is 17.8 Å². The largest absolute Gasteiger partial charge is 0.481 e. The first-order valence-corrected chi connectivity index (χ1v) is 10.7. The second kappa shape index (κ2) is 14.1. The number of carbonyl (C=O) groups is 3. The number of carboxylic acid groups (broad SMARTS) is 3. The average molecular weight is 415 g/mol. The third-order valence-electron chi connectivity index (χ3n) is 5.39. The lowest BCUT2D eigenvalue weighted by atomic mass is 10.0. The standard InChI is InChI=1S/C22H39NO6/c1-5-6-7-8-9-10-11-12-13-23(14-17(2)20(24)25,15-18(3)21(26)27)16-19(4)22(28)29/h9-10,17-19H,5-8,11-16H2,1-4H3,(H2-,24,25,26,27,28,29)/p+1/b10-9+. The Morgan fingerprint density at radius 1 is 0.724 bits per heavy atom. The Hall–Kier alpha value is -1.89. The van der Waals surface area contributed by atoms with E-state index in [1.54, 1.807) is 20.8 Å². The maximum absolute atomic E-state index is 11.5. The number of hydrogen-bond donors (Lipinski definition) is 3. The van der Waals surface area contributed by atoms with E-state index in [0.717, 1.165) is 25.7 Å². The summed E-state index contributed by atoms with van der Waals surface area (Å²) in [5, 5.41) is 28.2. The van der Waals surface area contributed by atoms with Crippen LogP contribution in [0.5, 0.6) is 0 Å². The molecule has 0 heterocycles. The molecule has 0 amide bonds. The molecule has 0 saturated carbocycles. The van der Waals surface area contributed by atoms with Crippen molar-refractivity contribution in [3.8, 4) is 0 Å². The lowest BCUT2D eigenvalue weighted by Crippen LogP contribution is -2.57. The minimum Gasteiger partial charge on any atom is -0.481 e. The van der Waals surface area contributed by atoms with Crippen molar-refractivity contribution in [3.63, 3.8) is 0 Å². The fraction of sp³-hybridized carbons (Fsp3) is 0.773. The molecular formula is C22H40NO6+. The van der Waals surface area contributed by atoms with Crippen LogP contribution in [-0.2, 0) is 14.4 Å². The molecule has 0 aromatic carbocycles. The Morgan fingerprint density at radius 3 is 1.45 bits per heavy atom. The predicted molar refractivity (Wildman–Crippen MR) is 113 cm³/mol. The van der Waals surface area contributed by atoms with Crippen LogP contribution in [0.15, 0.2) is 12.2 Å². The molecule has 0 aliphatic heterocycles. The van der Waals surface area contributed by atoms with E-state index in [1.165, 1.54) is 12.8 Å². The first-order chi connectivity index (χ1) is 13.5. The van der Waals surface area contributed by atoms with Gasteiger partial charge in [0.2, 0.25) is 0 Å². The Labute approximate surface area is 175 Å². The zero-order chi connectivity index (χ0) is 22.4. The summed E-state index contributed by atoms with van der Waals surface area (Å²) in [6.07, 6.45) is 10.4. The van der Waals surface area contributed by atoms with E-state index in [-0.39, 0.29) is 24.1 Å². The Bertz CT molecular complexity index is 490. The van der Waals surface area contributed by atoms with E-state index >= 15 is 0 Å². The van der Waals surface area contributed by atoms with Gasteiger partial charge in [-0.25, -0.2) is 0 Å². The number of quaternary nitrogens is 1. The average Bonchev–Trinajstić information content (AvgIpc) is 2.63. The molecule has 0 aliphatic carbocycles. The van der Waals surface area contributed by atoms with E-state index in [9.17, 15) is 29.7 Å². The highest BCUT2D eigenvalue weighted by molar-refractivity contribution is 5.70. The molecule has 0 bridgehead atoms. The summed E-state index contributed by atoms with van der Waals surface area (Å²) in [6.45, 7) is 8.20. The maximum atomic E-state index is 11.5. The molecule has 7 heteroatoms. The van der Waals surface area contributed by atoms with Crippen molar-refractivity contribution >= 4 is 17.9 Å². The molecule has 0 aliphatic rings. The van der Waals surface area contributed by atoms with Crippen molar-refractivity contribution < 1.29 is 34.2 Å². The van der Waals surface area contributed by atoms with Crippen molar-refractivity contribution in [2.45, 2.75) is 66.2 Å². The number of allylic oxidation sites excluding steroid dienone is 2. The summed E-state index contributed by atoms with van der Waals surface area (Å²) < 4.78 is 0.193. The molecule has 168 valence electrons. The van der Waals surface area contributed by atoms with Gasteiger partial charge in [0.1, 0.15) is 17.8 Å². The highest BCUT2D eigenvalue weighted by Gasteiger charge is 2.37. The molecule has 0 aromatic rings. The minimum absolute atomic E-state index is 0.193. The Morgan fingerprint density at radius 2 is 1.10 bits per heavy atom. The van der Waals surface area contributed by atoms with Crippen molar-refractivity contribution in [1.29, 1.82) is 0 Å². The van der Waals surface area contributed by atoms with Gasteiger partial charge in [-0.3, -0.25) is 14.4 Å². The van der Waals surface area contributed by atoms with Crippen molar-refractivity contribution in [3.05, 3.63) is 12.2 Å². The zero-order valence-electron chi connectivity index (χ0n) is 18.5. The molecule has 7 nitrogen and oxygen atoms in total. The summed E-state index contributed by atoms with van der Waals surface area (Å²) in [4.78, 5) is 34.4. The number of rotatable bonds is 17. The van der Waals surface area contributed by atoms with E-state index in [4.69, 9.17) is 0 Å². The molecule has 3 atom stereocenters. The smallest absolute Gasteiger partial charge is 0.311 e. The Balaban J connectivity index is 5.32. The highest BCUT2D eigenvalue weighted by atomic mass is 16.4. The molecule has 0 fully saturated rings. The molecule has 29 heavy (non-hydrogen) atoms. The van der Waals surface area contributed by atoms with Gasteiger partial charge in [0.25, 0.3) is 0 Å². The molecule has 3 unspecified atom stereocenters. The third-order valence-corrected chi connectivity index (χ3v) is 5.39. The van der Waals surface area contributed by atoms with Gasteiger partial charge in [-0.2, -0.15) is 0 Å². The molecule has 3 N–H and O–H groups in total. The van der Waals surface area contributed by atoms with E-state index in [0.29, 0.717) is 6.54 Å². The van der Waals surface area contributed by atoms with Crippen LogP contribution in [0, 0.1) is 17.8 Å². The summed E-state index contributed by atoms with van der Waals surface area (Å²) in [7, 11) is 0. The first-order valence-electron chi connectivity index (χ1n) is 10.7. The van der Waals surface area contributed by atoms with Crippen LogP contribution in [0.2, 0.25) is 0 Å². The monoisotopic (exact) mass is 414 g/mol. The molecular weight excluding hydrogens is 374 g/mol.